The van der Waals surface area contributed by atoms with Gasteiger partial charge in [-0.1, -0.05) is 13.0 Å². The molecule has 0 aliphatic heterocycles. The number of aryl methyl sites for hydroxylation is 1. The van der Waals surface area contributed by atoms with Gasteiger partial charge < -0.3 is 0 Å². The molecule has 0 aliphatic carbocycles. The minimum atomic E-state index is 0.313. The average molecular weight is 221 g/mol. The summed E-state index contributed by atoms with van der Waals surface area (Å²) in [6.45, 7) is 2.11. The predicted octanol–water partition coefficient (Wildman–Crippen LogP) is 2.56. The van der Waals surface area contributed by atoms with Crippen molar-refractivity contribution in [3.05, 3.63) is 22.4 Å². The highest BCUT2D eigenvalue weighted by Crippen LogP contribution is 2.14. The molecule has 0 radical (unpaired) electrons. The van der Waals surface area contributed by atoms with Crippen molar-refractivity contribution in [2.75, 3.05) is 0 Å². The number of nitrogens with zero attached hydrogens (tertiary/aromatic N) is 2. The largest absolute Gasteiger partial charge is 0.283 e. The van der Waals surface area contributed by atoms with Gasteiger partial charge in [0.1, 0.15) is 0 Å². The monoisotopic (exact) mass is 221 g/mol. The van der Waals surface area contributed by atoms with E-state index < -0.39 is 0 Å². The lowest BCUT2D eigenvalue weighted by molar-refractivity contribution is 0.602. The Bertz CT molecular complexity index is 324. The Labute approximate surface area is 94.5 Å². The molecule has 0 aromatic carbocycles. The van der Waals surface area contributed by atoms with Gasteiger partial charge in [-0.3, -0.25) is 10.3 Å². The molecule has 1 rings (SSSR count). The first-order valence-electron chi connectivity index (χ1n) is 5.05. The Morgan fingerprint density at radius 2 is 2.60 bits per heavy atom. The molecular formula is C11H15N3S. The van der Waals surface area contributed by atoms with Crippen LogP contribution in [0.3, 0.4) is 0 Å². The summed E-state index contributed by atoms with van der Waals surface area (Å²) in [5.74, 6) is 0. The van der Waals surface area contributed by atoms with Gasteiger partial charge in [0.15, 0.2) is 6.19 Å². The van der Waals surface area contributed by atoms with E-state index in [4.69, 9.17) is 5.26 Å². The van der Waals surface area contributed by atoms with Gasteiger partial charge in [-0.25, -0.2) is 0 Å². The van der Waals surface area contributed by atoms with Crippen LogP contribution in [0.2, 0.25) is 0 Å². The van der Waals surface area contributed by atoms with Crippen molar-refractivity contribution in [2.24, 2.45) is 4.99 Å². The van der Waals surface area contributed by atoms with Gasteiger partial charge in [0.05, 0.1) is 12.4 Å². The van der Waals surface area contributed by atoms with Crippen molar-refractivity contribution in [3.8, 4) is 6.19 Å². The van der Waals surface area contributed by atoms with Crippen molar-refractivity contribution in [2.45, 2.75) is 32.2 Å². The summed E-state index contributed by atoms with van der Waals surface area (Å²) in [6, 6.07) is 4.53. The fourth-order valence-corrected chi connectivity index (χ4v) is 2.04. The van der Waals surface area contributed by atoms with Crippen molar-refractivity contribution < 1.29 is 0 Å². The smallest absolute Gasteiger partial charge is 0.182 e. The van der Waals surface area contributed by atoms with E-state index in [0.29, 0.717) is 6.04 Å². The quantitative estimate of drug-likeness (QED) is 0.347. The topological polar surface area (TPSA) is 48.2 Å². The third-order valence-corrected chi connectivity index (χ3v) is 3.13. The molecule has 3 nitrogen and oxygen atoms in total. The number of hydrogen-bond donors (Lipinski definition) is 1. The van der Waals surface area contributed by atoms with Gasteiger partial charge in [-0.2, -0.15) is 5.26 Å². The van der Waals surface area contributed by atoms with E-state index in [1.54, 1.807) is 11.3 Å². The molecule has 0 spiro atoms. The Kier molecular flexibility index (Phi) is 5.49. The Balaban J connectivity index is 2.31. The number of aliphatic imine (C=N–C) groups is 1. The first-order valence-corrected chi connectivity index (χ1v) is 5.93. The molecule has 0 bridgehead atoms. The Hall–Kier alpha value is -1.34. The van der Waals surface area contributed by atoms with Crippen LogP contribution in [0.1, 0.15) is 24.6 Å². The molecule has 1 N–H and O–H groups in total. The van der Waals surface area contributed by atoms with Crippen molar-refractivity contribution in [1.29, 1.82) is 5.26 Å². The molecule has 0 amide bonds. The maximum atomic E-state index is 8.28. The number of hydrogen-bond acceptors (Lipinski definition) is 3. The Morgan fingerprint density at radius 3 is 3.20 bits per heavy atom. The number of rotatable bonds is 6. The third-order valence-electron chi connectivity index (χ3n) is 2.19. The molecule has 0 saturated heterocycles. The zero-order chi connectivity index (χ0) is 10.9. The summed E-state index contributed by atoms with van der Waals surface area (Å²) in [7, 11) is 0. The summed E-state index contributed by atoms with van der Waals surface area (Å²) >= 11 is 1.78. The van der Waals surface area contributed by atoms with Crippen LogP contribution in [-0.2, 0) is 6.42 Å². The summed E-state index contributed by atoms with van der Waals surface area (Å²) in [5.41, 5.74) is 0. The standard InChI is InChI=1S/C11H15N3S/c1-2-10(14-9-13-8-12)5-6-11-4-3-7-15-11/h3-4,7,9-10H,2,5-6H2,1H3,(H,13,14). The van der Waals surface area contributed by atoms with Crippen LogP contribution in [0.5, 0.6) is 0 Å². The van der Waals surface area contributed by atoms with E-state index in [1.165, 1.54) is 11.2 Å². The highest BCUT2D eigenvalue weighted by molar-refractivity contribution is 7.09. The maximum Gasteiger partial charge on any atom is 0.182 e. The molecule has 15 heavy (non-hydrogen) atoms. The van der Waals surface area contributed by atoms with Crippen LogP contribution < -0.4 is 5.32 Å². The first kappa shape index (κ1) is 11.7. The maximum absolute atomic E-state index is 8.28. The minimum absolute atomic E-state index is 0.313. The predicted molar refractivity (Wildman–Crippen MR) is 64.0 cm³/mol. The fourth-order valence-electron chi connectivity index (χ4n) is 1.32. The van der Waals surface area contributed by atoms with Crippen LogP contribution in [-0.4, -0.2) is 12.4 Å². The molecule has 0 saturated carbocycles. The molecule has 4 heteroatoms. The Morgan fingerprint density at radius 1 is 1.73 bits per heavy atom. The third kappa shape index (κ3) is 4.61. The molecule has 1 heterocycles. The van der Waals surface area contributed by atoms with E-state index in [-0.39, 0.29) is 0 Å². The van der Waals surface area contributed by atoms with Crippen molar-refractivity contribution in [1.82, 2.24) is 5.32 Å². The van der Waals surface area contributed by atoms with Gasteiger partial charge in [0.2, 0.25) is 0 Å². The van der Waals surface area contributed by atoms with Crippen LogP contribution in [0.25, 0.3) is 0 Å². The lowest BCUT2D eigenvalue weighted by atomic mass is 10.1. The van der Waals surface area contributed by atoms with Crippen LogP contribution >= 0.6 is 11.3 Å². The summed E-state index contributed by atoms with van der Waals surface area (Å²) in [5, 5.41) is 12.8. The van der Waals surface area contributed by atoms with Gasteiger partial charge in [-0.05, 0) is 30.7 Å². The van der Waals surface area contributed by atoms with Crippen molar-refractivity contribution >= 4 is 17.7 Å². The van der Waals surface area contributed by atoms with E-state index in [0.717, 1.165) is 19.3 Å². The lowest BCUT2D eigenvalue weighted by Crippen LogP contribution is -2.09. The minimum Gasteiger partial charge on any atom is -0.283 e. The average Bonchev–Trinajstić information content (AvgIpc) is 2.76. The van der Waals surface area contributed by atoms with E-state index in [2.05, 4.69) is 34.7 Å². The number of nitriles is 1. The second-order valence-corrected chi connectivity index (χ2v) is 4.25. The molecule has 1 aromatic rings. The van der Waals surface area contributed by atoms with Crippen LogP contribution in [0.15, 0.2) is 22.5 Å². The zero-order valence-corrected chi connectivity index (χ0v) is 9.63. The fraction of sp³-hybridized carbons (Fsp3) is 0.455. The van der Waals surface area contributed by atoms with Gasteiger partial charge >= 0.3 is 0 Å². The van der Waals surface area contributed by atoms with E-state index >= 15 is 0 Å². The first-order chi connectivity index (χ1) is 7.36. The second kappa shape index (κ2) is 7.02. The van der Waals surface area contributed by atoms with Crippen molar-refractivity contribution in [3.63, 3.8) is 0 Å². The summed E-state index contributed by atoms with van der Waals surface area (Å²) in [6.07, 6.45) is 6.43. The molecule has 1 atom stereocenters. The van der Waals surface area contributed by atoms with Gasteiger partial charge in [-0.15, -0.1) is 11.3 Å². The normalized spacial score (nSPS) is 12.5. The molecule has 0 fully saturated rings. The lowest BCUT2D eigenvalue weighted by Gasteiger charge is -2.07. The van der Waals surface area contributed by atoms with E-state index in [1.807, 2.05) is 6.19 Å². The molecule has 80 valence electrons. The number of thiophene rings is 1. The molecule has 0 aliphatic rings. The molecule has 1 aromatic heterocycles. The highest BCUT2D eigenvalue weighted by atomic mass is 32.1. The van der Waals surface area contributed by atoms with Crippen LogP contribution in [0.4, 0.5) is 0 Å². The zero-order valence-electron chi connectivity index (χ0n) is 8.81. The SMILES string of the molecule is CCC(CCc1cccs1)N=CNC#N. The van der Waals surface area contributed by atoms with E-state index in [9.17, 15) is 0 Å². The second-order valence-electron chi connectivity index (χ2n) is 3.21. The van der Waals surface area contributed by atoms with Gasteiger partial charge in [0.25, 0.3) is 0 Å². The molecule has 1 unspecified atom stereocenters. The summed E-state index contributed by atoms with van der Waals surface area (Å²) < 4.78 is 0. The highest BCUT2D eigenvalue weighted by Gasteiger charge is 2.03. The summed E-state index contributed by atoms with van der Waals surface area (Å²) in [4.78, 5) is 5.68. The molecular weight excluding hydrogens is 206 g/mol. The number of nitrogens with one attached hydrogen (secondary N) is 1. The van der Waals surface area contributed by atoms with Crippen LogP contribution in [0, 0.1) is 11.5 Å². The van der Waals surface area contributed by atoms with Gasteiger partial charge in [0, 0.05) is 4.88 Å².